The second-order valence-corrected chi connectivity index (χ2v) is 4.24. The first-order valence-electron chi connectivity index (χ1n) is 5.08. The summed E-state index contributed by atoms with van der Waals surface area (Å²) in [6, 6.07) is -0.183. The molecule has 80 valence electrons. The normalized spacial score (nSPS) is 31.9. The van der Waals surface area contributed by atoms with Crippen LogP contribution in [-0.4, -0.2) is 19.1 Å². The number of carbonyl (C=O) groups is 1. The molecule has 0 fully saturated rings. The van der Waals surface area contributed by atoms with E-state index >= 15 is 0 Å². The lowest BCUT2D eigenvalue weighted by molar-refractivity contribution is -0.146. The third-order valence-electron chi connectivity index (χ3n) is 2.93. The van der Waals surface area contributed by atoms with Crippen molar-refractivity contribution in [3.8, 4) is 0 Å². The topological polar surface area (TPSA) is 52.3 Å². The first kappa shape index (κ1) is 11.2. The Kier molecular flexibility index (Phi) is 3.69. The largest absolute Gasteiger partial charge is 0.469 e. The maximum absolute atomic E-state index is 11.4. The number of carbonyl (C=O) groups excluding carboxylic acids is 1. The summed E-state index contributed by atoms with van der Waals surface area (Å²) in [5.74, 6) is 0.634. The molecule has 0 aromatic carbocycles. The summed E-state index contributed by atoms with van der Waals surface area (Å²) in [7, 11) is 1.41. The minimum atomic E-state index is -0.187. The highest BCUT2D eigenvalue weighted by Crippen LogP contribution is 2.28. The molecule has 1 aliphatic carbocycles. The van der Waals surface area contributed by atoms with Crippen LogP contribution in [0, 0.1) is 17.8 Å². The molecule has 3 atom stereocenters. The van der Waals surface area contributed by atoms with Crippen LogP contribution in [0.1, 0.15) is 20.3 Å². The molecule has 3 nitrogen and oxygen atoms in total. The van der Waals surface area contributed by atoms with Gasteiger partial charge in [-0.25, -0.2) is 0 Å². The molecule has 0 radical (unpaired) electrons. The maximum atomic E-state index is 11.4. The predicted molar refractivity (Wildman–Crippen MR) is 55.6 cm³/mol. The van der Waals surface area contributed by atoms with Crippen molar-refractivity contribution in [1.29, 1.82) is 0 Å². The monoisotopic (exact) mass is 197 g/mol. The van der Waals surface area contributed by atoms with E-state index in [0.29, 0.717) is 11.8 Å². The molecule has 1 aliphatic rings. The van der Waals surface area contributed by atoms with Gasteiger partial charge in [0, 0.05) is 6.04 Å². The summed E-state index contributed by atoms with van der Waals surface area (Å²) in [4.78, 5) is 11.4. The van der Waals surface area contributed by atoms with Crippen molar-refractivity contribution in [3.05, 3.63) is 12.2 Å². The van der Waals surface area contributed by atoms with Crippen LogP contribution in [0.15, 0.2) is 12.2 Å². The molecule has 0 spiro atoms. The van der Waals surface area contributed by atoms with Crippen molar-refractivity contribution in [2.75, 3.05) is 7.11 Å². The van der Waals surface area contributed by atoms with Crippen molar-refractivity contribution < 1.29 is 9.53 Å². The van der Waals surface area contributed by atoms with E-state index in [1.165, 1.54) is 7.11 Å². The summed E-state index contributed by atoms with van der Waals surface area (Å²) in [5, 5.41) is 0. The number of methoxy groups -OCH3 is 1. The van der Waals surface area contributed by atoms with Crippen LogP contribution in [-0.2, 0) is 9.53 Å². The molecule has 0 bridgehead atoms. The quantitative estimate of drug-likeness (QED) is 0.537. The van der Waals surface area contributed by atoms with Gasteiger partial charge in [-0.2, -0.15) is 0 Å². The smallest absolute Gasteiger partial charge is 0.310 e. The number of esters is 1. The molecule has 0 aliphatic heterocycles. The average Bonchev–Trinajstić information content (AvgIpc) is 2.17. The number of hydrogen-bond acceptors (Lipinski definition) is 3. The third kappa shape index (κ3) is 2.35. The Morgan fingerprint density at radius 3 is 2.64 bits per heavy atom. The molecule has 1 rings (SSSR count). The van der Waals surface area contributed by atoms with Gasteiger partial charge in [-0.15, -0.1) is 0 Å². The molecule has 3 heteroatoms. The Morgan fingerprint density at radius 1 is 1.50 bits per heavy atom. The molecule has 0 heterocycles. The Bertz CT molecular complexity index is 235. The summed E-state index contributed by atoms with van der Waals surface area (Å²) in [6.45, 7) is 4.31. The molecular weight excluding hydrogens is 178 g/mol. The Hall–Kier alpha value is -0.830. The van der Waals surface area contributed by atoms with Gasteiger partial charge in [0.1, 0.15) is 0 Å². The Labute approximate surface area is 85.3 Å². The lowest BCUT2D eigenvalue weighted by Crippen LogP contribution is -2.39. The fourth-order valence-corrected chi connectivity index (χ4v) is 1.83. The molecule has 0 aromatic rings. The van der Waals surface area contributed by atoms with Crippen LogP contribution in [0.25, 0.3) is 0 Å². The third-order valence-corrected chi connectivity index (χ3v) is 2.93. The zero-order valence-corrected chi connectivity index (χ0v) is 9.07. The molecule has 14 heavy (non-hydrogen) atoms. The Morgan fingerprint density at radius 2 is 2.14 bits per heavy atom. The lowest BCUT2D eigenvalue weighted by atomic mass is 9.78. The van der Waals surface area contributed by atoms with Crippen LogP contribution in [0.2, 0.25) is 0 Å². The highest BCUT2D eigenvalue weighted by Gasteiger charge is 2.31. The fourth-order valence-electron chi connectivity index (χ4n) is 1.83. The number of ether oxygens (including phenoxy) is 1. The van der Waals surface area contributed by atoms with Crippen LogP contribution in [0.3, 0.4) is 0 Å². The van der Waals surface area contributed by atoms with Gasteiger partial charge >= 0.3 is 5.97 Å². The van der Waals surface area contributed by atoms with Crippen molar-refractivity contribution in [2.24, 2.45) is 23.5 Å². The van der Waals surface area contributed by atoms with E-state index in [2.05, 4.69) is 19.9 Å². The highest BCUT2D eigenvalue weighted by molar-refractivity contribution is 5.73. The average molecular weight is 197 g/mol. The van der Waals surface area contributed by atoms with Gasteiger partial charge < -0.3 is 10.5 Å². The van der Waals surface area contributed by atoms with Crippen LogP contribution in [0.4, 0.5) is 0 Å². The van der Waals surface area contributed by atoms with E-state index in [1.54, 1.807) is 0 Å². The zero-order chi connectivity index (χ0) is 10.7. The van der Waals surface area contributed by atoms with Gasteiger partial charge in [0.15, 0.2) is 0 Å². The number of allylic oxidation sites excluding steroid dienone is 1. The SMILES string of the molecule is COC(=O)C1CC(C(C)C)C=CC1N. The van der Waals surface area contributed by atoms with E-state index in [4.69, 9.17) is 10.5 Å². The van der Waals surface area contributed by atoms with Crippen molar-refractivity contribution >= 4 is 5.97 Å². The minimum Gasteiger partial charge on any atom is -0.469 e. The standard InChI is InChI=1S/C11H19NO2/c1-7(2)8-4-5-10(12)9(6-8)11(13)14-3/h4-5,7-10H,6,12H2,1-3H3. The lowest BCUT2D eigenvalue weighted by Gasteiger charge is -2.29. The first-order valence-corrected chi connectivity index (χ1v) is 5.08. The molecule has 3 unspecified atom stereocenters. The van der Waals surface area contributed by atoms with Crippen molar-refractivity contribution in [1.82, 2.24) is 0 Å². The van der Waals surface area contributed by atoms with E-state index in [1.807, 2.05) is 6.08 Å². The second-order valence-electron chi connectivity index (χ2n) is 4.24. The fraction of sp³-hybridized carbons (Fsp3) is 0.727. The van der Waals surface area contributed by atoms with E-state index in [9.17, 15) is 4.79 Å². The minimum absolute atomic E-state index is 0.169. The molecule has 0 saturated heterocycles. The van der Waals surface area contributed by atoms with Gasteiger partial charge in [-0.05, 0) is 18.3 Å². The summed E-state index contributed by atoms with van der Waals surface area (Å²) < 4.78 is 4.74. The number of rotatable bonds is 2. The van der Waals surface area contributed by atoms with Crippen LogP contribution < -0.4 is 5.73 Å². The van der Waals surface area contributed by atoms with Crippen molar-refractivity contribution in [3.63, 3.8) is 0 Å². The van der Waals surface area contributed by atoms with Crippen molar-refractivity contribution in [2.45, 2.75) is 26.3 Å². The summed E-state index contributed by atoms with van der Waals surface area (Å²) in [5.41, 5.74) is 5.83. The molecular formula is C11H19NO2. The van der Waals surface area contributed by atoms with Crippen LogP contribution in [0.5, 0.6) is 0 Å². The van der Waals surface area contributed by atoms with E-state index in [0.717, 1.165) is 6.42 Å². The number of nitrogens with two attached hydrogens (primary N) is 1. The maximum Gasteiger partial charge on any atom is 0.310 e. The summed E-state index contributed by atoms with van der Waals surface area (Å²) >= 11 is 0. The van der Waals surface area contributed by atoms with Gasteiger partial charge in [-0.3, -0.25) is 4.79 Å². The zero-order valence-electron chi connectivity index (χ0n) is 9.07. The van der Waals surface area contributed by atoms with Gasteiger partial charge in [0.25, 0.3) is 0 Å². The molecule has 2 N–H and O–H groups in total. The predicted octanol–water partition coefficient (Wildman–Crippen LogP) is 1.33. The molecule has 0 amide bonds. The van der Waals surface area contributed by atoms with Gasteiger partial charge in [0.05, 0.1) is 13.0 Å². The van der Waals surface area contributed by atoms with Crippen LogP contribution >= 0.6 is 0 Å². The first-order chi connectivity index (χ1) is 6.56. The second kappa shape index (κ2) is 4.60. The Balaban J connectivity index is 2.70. The molecule has 0 aromatic heterocycles. The summed E-state index contributed by atoms with van der Waals surface area (Å²) in [6.07, 6.45) is 4.85. The van der Waals surface area contributed by atoms with E-state index < -0.39 is 0 Å². The van der Waals surface area contributed by atoms with Gasteiger partial charge in [0.2, 0.25) is 0 Å². The van der Waals surface area contributed by atoms with Gasteiger partial charge in [-0.1, -0.05) is 26.0 Å². The number of hydrogen-bond donors (Lipinski definition) is 1. The molecule has 0 saturated carbocycles. The highest BCUT2D eigenvalue weighted by atomic mass is 16.5. The van der Waals surface area contributed by atoms with E-state index in [-0.39, 0.29) is 17.9 Å².